The van der Waals surface area contributed by atoms with Crippen molar-refractivity contribution in [1.82, 2.24) is 5.32 Å². The Labute approximate surface area is 384 Å². The fraction of sp³-hybridized carbons (Fsp3) is 0.820. The predicted octanol–water partition coefficient (Wildman–Crippen LogP) is 6.10. The highest BCUT2D eigenvalue weighted by Crippen LogP contribution is 2.30. The quantitative estimate of drug-likeness (QED) is 0.0254. The summed E-state index contributed by atoms with van der Waals surface area (Å²) in [6, 6.07) is -0.940. The van der Waals surface area contributed by atoms with Crippen LogP contribution in [0.3, 0.4) is 0 Å². The summed E-state index contributed by atoms with van der Waals surface area (Å²) in [6.07, 6.45) is 25.8. The van der Waals surface area contributed by atoms with Crippen molar-refractivity contribution in [2.45, 2.75) is 242 Å². The van der Waals surface area contributed by atoms with E-state index in [1.165, 1.54) is 70.6 Å². The molecule has 14 nitrogen and oxygen atoms in total. The molecule has 2 aliphatic rings. The summed E-state index contributed by atoms with van der Waals surface area (Å²) >= 11 is 0. The number of carbonyl (C=O) groups is 1. The van der Waals surface area contributed by atoms with Crippen molar-refractivity contribution in [2.24, 2.45) is 0 Å². The van der Waals surface area contributed by atoms with E-state index in [4.69, 9.17) is 18.9 Å². The summed E-state index contributed by atoms with van der Waals surface area (Å²) in [5, 5.41) is 86.6. The third kappa shape index (κ3) is 24.1. The Balaban J connectivity index is 1.90. The molecule has 0 aliphatic carbocycles. The number of amides is 1. The monoisotopic (exact) mass is 912 g/mol. The van der Waals surface area contributed by atoms with Gasteiger partial charge in [0.25, 0.3) is 0 Å². The maximum atomic E-state index is 13.1. The Morgan fingerprint density at radius 1 is 0.547 bits per heavy atom. The SMILES string of the molecule is CCCCCCC/C=C\CCCCCCCC(=O)NC(COC1OC(CO)C(OC2OC(CO)C(O)C(O)C2O)C(O)C1O)C(O)/C=C/CC/C=C/CC/C=C/CCCCCCCC. The van der Waals surface area contributed by atoms with Crippen LogP contribution < -0.4 is 5.32 Å². The molecule has 2 aliphatic heterocycles. The number of hydrogen-bond acceptors (Lipinski definition) is 13. The molecule has 0 radical (unpaired) electrons. The second-order valence-corrected chi connectivity index (χ2v) is 17.6. The zero-order valence-electron chi connectivity index (χ0n) is 39.3. The second kappa shape index (κ2) is 37.0. The zero-order valence-corrected chi connectivity index (χ0v) is 39.3. The topological polar surface area (TPSA) is 228 Å². The summed E-state index contributed by atoms with van der Waals surface area (Å²) in [7, 11) is 0. The largest absolute Gasteiger partial charge is 0.394 e. The van der Waals surface area contributed by atoms with Gasteiger partial charge in [-0.05, 0) is 70.6 Å². The molecule has 0 aromatic carbocycles. The van der Waals surface area contributed by atoms with Gasteiger partial charge in [0.05, 0.1) is 32.0 Å². The number of ether oxygens (including phenoxy) is 4. The van der Waals surface area contributed by atoms with Gasteiger partial charge in [0.2, 0.25) is 5.91 Å². The Bertz CT molecular complexity index is 1260. The summed E-state index contributed by atoms with van der Waals surface area (Å²) in [6.45, 7) is 2.71. The summed E-state index contributed by atoms with van der Waals surface area (Å²) in [5.41, 5.74) is 0. The Morgan fingerprint density at radius 2 is 1.00 bits per heavy atom. The fourth-order valence-corrected chi connectivity index (χ4v) is 7.84. The van der Waals surface area contributed by atoms with Crippen LogP contribution in [0.1, 0.15) is 168 Å². The van der Waals surface area contributed by atoms with Gasteiger partial charge in [-0.15, -0.1) is 0 Å². The number of hydrogen-bond donors (Lipinski definition) is 9. The molecule has 2 saturated heterocycles. The molecule has 2 fully saturated rings. The molecule has 64 heavy (non-hydrogen) atoms. The standard InChI is InChI=1S/C50H89NO13/c1-3-5-7-9-11-13-15-17-19-20-21-23-25-27-29-31-33-39(54)38(51-42(55)34-32-30-28-26-24-22-18-16-14-12-10-8-6-4-2)37-61-49-47(60)45(58)48(41(36-53)63-49)64-50-46(59)44(57)43(56)40(35-52)62-50/h16-19,23,25,31,33,38-41,43-50,52-54,56-60H,3-15,20-22,24,26-30,32,34-37H2,1-2H3,(H,51,55)/b18-16-,19-17+,25-23+,33-31+. The Hall–Kier alpha value is -2.05. The molecule has 0 aromatic rings. The maximum absolute atomic E-state index is 13.1. The van der Waals surface area contributed by atoms with Gasteiger partial charge in [-0.25, -0.2) is 0 Å². The minimum absolute atomic E-state index is 0.259. The van der Waals surface area contributed by atoms with Crippen LogP contribution in [-0.2, 0) is 23.7 Å². The third-order valence-corrected chi connectivity index (χ3v) is 12.0. The van der Waals surface area contributed by atoms with E-state index in [2.05, 4.69) is 55.6 Å². The molecule has 0 saturated carbocycles. The van der Waals surface area contributed by atoms with Crippen LogP contribution in [0.15, 0.2) is 48.6 Å². The number of nitrogens with one attached hydrogen (secondary N) is 1. The van der Waals surface area contributed by atoms with Crippen LogP contribution >= 0.6 is 0 Å². The lowest BCUT2D eigenvalue weighted by molar-refractivity contribution is -0.359. The molecule has 0 bridgehead atoms. The van der Waals surface area contributed by atoms with Gasteiger partial charge in [-0.2, -0.15) is 0 Å². The zero-order chi connectivity index (χ0) is 46.8. The average molecular weight is 912 g/mol. The van der Waals surface area contributed by atoms with Gasteiger partial charge in [0.1, 0.15) is 48.8 Å². The van der Waals surface area contributed by atoms with Crippen molar-refractivity contribution in [3.63, 3.8) is 0 Å². The van der Waals surface area contributed by atoms with E-state index >= 15 is 0 Å². The number of unbranched alkanes of at least 4 members (excludes halogenated alkanes) is 18. The van der Waals surface area contributed by atoms with E-state index in [-0.39, 0.29) is 18.9 Å². The van der Waals surface area contributed by atoms with Crippen molar-refractivity contribution in [3.05, 3.63) is 48.6 Å². The molecule has 12 atom stereocenters. The smallest absolute Gasteiger partial charge is 0.220 e. The molecular weight excluding hydrogens is 823 g/mol. The molecule has 12 unspecified atom stereocenters. The van der Waals surface area contributed by atoms with Crippen molar-refractivity contribution in [3.8, 4) is 0 Å². The van der Waals surface area contributed by atoms with Gasteiger partial charge < -0.3 is 65.1 Å². The lowest BCUT2D eigenvalue weighted by Gasteiger charge is -2.46. The van der Waals surface area contributed by atoms with Crippen LogP contribution in [0, 0.1) is 0 Å². The lowest BCUT2D eigenvalue weighted by Crippen LogP contribution is -2.65. The first kappa shape index (κ1) is 58.1. The summed E-state index contributed by atoms with van der Waals surface area (Å²) < 4.78 is 22.6. The van der Waals surface area contributed by atoms with Crippen molar-refractivity contribution < 1.29 is 64.6 Å². The normalized spacial score (nSPS) is 27.7. The first-order valence-electron chi connectivity index (χ1n) is 24.9. The molecule has 0 spiro atoms. The van der Waals surface area contributed by atoms with E-state index in [1.54, 1.807) is 6.08 Å². The minimum atomic E-state index is -1.79. The van der Waals surface area contributed by atoms with Gasteiger partial charge in [-0.3, -0.25) is 4.79 Å². The van der Waals surface area contributed by atoms with Crippen LogP contribution in [-0.4, -0.2) is 140 Å². The van der Waals surface area contributed by atoms with Crippen molar-refractivity contribution >= 4 is 5.91 Å². The maximum Gasteiger partial charge on any atom is 0.220 e. The predicted molar refractivity (Wildman–Crippen MR) is 249 cm³/mol. The number of aliphatic hydroxyl groups excluding tert-OH is 8. The van der Waals surface area contributed by atoms with Crippen LogP contribution in [0.2, 0.25) is 0 Å². The molecule has 1 amide bonds. The molecule has 2 heterocycles. The first-order valence-corrected chi connectivity index (χ1v) is 24.9. The van der Waals surface area contributed by atoms with E-state index in [0.717, 1.165) is 64.2 Å². The number of aliphatic hydroxyl groups is 8. The van der Waals surface area contributed by atoms with E-state index in [9.17, 15) is 45.6 Å². The number of carbonyl (C=O) groups excluding carboxylic acids is 1. The van der Waals surface area contributed by atoms with E-state index < -0.39 is 86.8 Å². The second-order valence-electron chi connectivity index (χ2n) is 17.6. The van der Waals surface area contributed by atoms with E-state index in [1.807, 2.05) is 6.08 Å². The summed E-state index contributed by atoms with van der Waals surface area (Å²) in [5.74, 6) is -0.266. The first-order chi connectivity index (χ1) is 31.1. The summed E-state index contributed by atoms with van der Waals surface area (Å²) in [4.78, 5) is 13.1. The van der Waals surface area contributed by atoms with Crippen LogP contribution in [0.5, 0.6) is 0 Å². The van der Waals surface area contributed by atoms with Gasteiger partial charge >= 0.3 is 0 Å². The fourth-order valence-electron chi connectivity index (χ4n) is 7.84. The number of rotatable bonds is 37. The average Bonchev–Trinajstić information content (AvgIpc) is 3.29. The van der Waals surface area contributed by atoms with E-state index in [0.29, 0.717) is 12.8 Å². The van der Waals surface area contributed by atoms with Gasteiger partial charge in [-0.1, -0.05) is 140 Å². The van der Waals surface area contributed by atoms with Crippen molar-refractivity contribution in [1.29, 1.82) is 0 Å². The molecule has 0 aromatic heterocycles. The highest BCUT2D eigenvalue weighted by atomic mass is 16.7. The van der Waals surface area contributed by atoms with Crippen LogP contribution in [0.25, 0.3) is 0 Å². The molecular formula is C50H89NO13. The molecule has 14 heteroatoms. The highest BCUT2D eigenvalue weighted by Gasteiger charge is 2.51. The Morgan fingerprint density at radius 3 is 1.53 bits per heavy atom. The van der Waals surface area contributed by atoms with Crippen molar-refractivity contribution in [2.75, 3.05) is 19.8 Å². The van der Waals surface area contributed by atoms with Gasteiger partial charge in [0, 0.05) is 6.42 Å². The molecule has 2 rings (SSSR count). The molecule has 9 N–H and O–H groups in total. The lowest BCUT2D eigenvalue weighted by atomic mass is 9.97. The molecule has 372 valence electrons. The number of allylic oxidation sites excluding steroid dienone is 7. The van der Waals surface area contributed by atoms with Gasteiger partial charge in [0.15, 0.2) is 12.6 Å². The highest BCUT2D eigenvalue weighted by molar-refractivity contribution is 5.76. The van der Waals surface area contributed by atoms with Crippen LogP contribution in [0.4, 0.5) is 0 Å². The Kier molecular flexibility index (Phi) is 33.6. The third-order valence-electron chi connectivity index (χ3n) is 12.0. The minimum Gasteiger partial charge on any atom is -0.394 e.